The Morgan fingerprint density at radius 1 is 1.10 bits per heavy atom. The SMILES string of the molecule is CC(Nc1cccc(N2CCN(CC3CC3)CC2)c1)C(=O)NCc1ccc(F)cc1. The number of anilines is 2. The summed E-state index contributed by atoms with van der Waals surface area (Å²) in [6.45, 7) is 7.83. The van der Waals surface area contributed by atoms with E-state index in [1.165, 1.54) is 37.2 Å². The zero-order chi connectivity index (χ0) is 20.9. The number of halogens is 1. The minimum Gasteiger partial charge on any atom is -0.374 e. The van der Waals surface area contributed by atoms with Crippen LogP contribution in [-0.2, 0) is 11.3 Å². The average Bonchev–Trinajstić information content (AvgIpc) is 3.58. The summed E-state index contributed by atoms with van der Waals surface area (Å²) in [7, 11) is 0. The molecule has 2 aliphatic rings. The van der Waals surface area contributed by atoms with Crippen LogP contribution in [-0.4, -0.2) is 49.6 Å². The average molecular weight is 411 g/mol. The van der Waals surface area contributed by atoms with Crippen LogP contribution in [0.1, 0.15) is 25.3 Å². The lowest BCUT2D eigenvalue weighted by Gasteiger charge is -2.36. The van der Waals surface area contributed by atoms with Crippen LogP contribution in [0.4, 0.5) is 15.8 Å². The predicted octanol–water partition coefficient (Wildman–Crippen LogP) is 3.47. The predicted molar refractivity (Wildman–Crippen MR) is 119 cm³/mol. The molecule has 2 aromatic carbocycles. The molecule has 4 rings (SSSR count). The molecule has 1 saturated heterocycles. The Hall–Kier alpha value is -2.60. The third-order valence-corrected chi connectivity index (χ3v) is 5.95. The number of rotatable bonds is 8. The van der Waals surface area contributed by atoms with E-state index in [0.29, 0.717) is 6.54 Å². The van der Waals surface area contributed by atoms with Gasteiger partial charge in [-0.1, -0.05) is 18.2 Å². The van der Waals surface area contributed by atoms with Gasteiger partial charge in [0.2, 0.25) is 5.91 Å². The van der Waals surface area contributed by atoms with E-state index < -0.39 is 0 Å². The summed E-state index contributed by atoms with van der Waals surface area (Å²) in [5.74, 6) is 0.586. The molecule has 30 heavy (non-hydrogen) atoms. The van der Waals surface area contributed by atoms with Crippen molar-refractivity contribution >= 4 is 17.3 Å². The second-order valence-corrected chi connectivity index (χ2v) is 8.49. The van der Waals surface area contributed by atoms with Crippen LogP contribution in [0, 0.1) is 11.7 Å². The van der Waals surface area contributed by atoms with Crippen molar-refractivity contribution < 1.29 is 9.18 Å². The highest BCUT2D eigenvalue weighted by Crippen LogP contribution is 2.30. The lowest BCUT2D eigenvalue weighted by atomic mass is 10.2. The lowest BCUT2D eigenvalue weighted by molar-refractivity contribution is -0.121. The zero-order valence-electron chi connectivity index (χ0n) is 17.6. The summed E-state index contributed by atoms with van der Waals surface area (Å²) >= 11 is 0. The largest absolute Gasteiger partial charge is 0.374 e. The molecule has 0 bridgehead atoms. The Labute approximate surface area is 178 Å². The fourth-order valence-corrected chi connectivity index (χ4v) is 3.91. The number of hydrogen-bond donors (Lipinski definition) is 2. The number of nitrogens with one attached hydrogen (secondary N) is 2. The molecule has 2 N–H and O–H groups in total. The second-order valence-electron chi connectivity index (χ2n) is 8.49. The molecule has 1 unspecified atom stereocenters. The Bertz CT molecular complexity index is 845. The first kappa shape index (κ1) is 20.7. The normalized spacial score (nSPS) is 18.1. The second kappa shape index (κ2) is 9.47. The first-order chi connectivity index (χ1) is 14.6. The maximum absolute atomic E-state index is 13.0. The van der Waals surface area contributed by atoms with Gasteiger partial charge in [-0.25, -0.2) is 4.39 Å². The van der Waals surface area contributed by atoms with E-state index in [-0.39, 0.29) is 17.8 Å². The Morgan fingerprint density at radius 3 is 2.53 bits per heavy atom. The molecule has 5 nitrogen and oxygen atoms in total. The van der Waals surface area contributed by atoms with Crippen LogP contribution < -0.4 is 15.5 Å². The summed E-state index contributed by atoms with van der Waals surface area (Å²) in [5, 5.41) is 6.20. The van der Waals surface area contributed by atoms with E-state index >= 15 is 0 Å². The summed E-state index contributed by atoms with van der Waals surface area (Å²) < 4.78 is 13.0. The van der Waals surface area contributed by atoms with Gasteiger partial charge in [-0.3, -0.25) is 9.69 Å². The number of carbonyl (C=O) groups is 1. The number of amides is 1. The lowest BCUT2D eigenvalue weighted by Crippen LogP contribution is -2.47. The highest BCUT2D eigenvalue weighted by atomic mass is 19.1. The van der Waals surface area contributed by atoms with Gasteiger partial charge in [0.1, 0.15) is 11.9 Å². The molecule has 160 valence electrons. The molecular weight excluding hydrogens is 379 g/mol. The van der Waals surface area contributed by atoms with Crippen LogP contribution >= 0.6 is 0 Å². The van der Waals surface area contributed by atoms with Crippen molar-refractivity contribution in [3.63, 3.8) is 0 Å². The van der Waals surface area contributed by atoms with Crippen molar-refractivity contribution in [1.29, 1.82) is 0 Å². The van der Waals surface area contributed by atoms with Crippen LogP contribution in [0.2, 0.25) is 0 Å². The van der Waals surface area contributed by atoms with Crippen molar-refractivity contribution in [3.05, 3.63) is 59.9 Å². The molecule has 6 heteroatoms. The van der Waals surface area contributed by atoms with Gasteiger partial charge >= 0.3 is 0 Å². The van der Waals surface area contributed by atoms with E-state index in [2.05, 4.69) is 32.6 Å². The van der Waals surface area contributed by atoms with Gasteiger partial charge in [0, 0.05) is 50.6 Å². The Kier molecular flexibility index (Phi) is 6.53. The first-order valence-electron chi connectivity index (χ1n) is 10.9. The molecule has 1 amide bonds. The van der Waals surface area contributed by atoms with Crippen molar-refractivity contribution in [3.8, 4) is 0 Å². The molecule has 1 heterocycles. The minimum absolute atomic E-state index is 0.0848. The molecule has 0 spiro atoms. The highest BCUT2D eigenvalue weighted by Gasteiger charge is 2.26. The van der Waals surface area contributed by atoms with Crippen molar-refractivity contribution in [1.82, 2.24) is 10.2 Å². The smallest absolute Gasteiger partial charge is 0.242 e. The van der Waals surface area contributed by atoms with Crippen LogP contribution in [0.5, 0.6) is 0 Å². The van der Waals surface area contributed by atoms with Crippen molar-refractivity contribution in [2.24, 2.45) is 5.92 Å². The summed E-state index contributed by atoms with van der Waals surface area (Å²) in [4.78, 5) is 17.5. The van der Waals surface area contributed by atoms with Gasteiger partial charge in [0.15, 0.2) is 0 Å². The minimum atomic E-state index is -0.365. The van der Waals surface area contributed by atoms with E-state index in [1.54, 1.807) is 12.1 Å². The molecule has 0 radical (unpaired) electrons. The fraction of sp³-hybridized carbons (Fsp3) is 0.458. The topological polar surface area (TPSA) is 47.6 Å². The Balaban J connectivity index is 1.26. The van der Waals surface area contributed by atoms with Gasteiger partial charge < -0.3 is 15.5 Å². The van der Waals surface area contributed by atoms with Crippen LogP contribution in [0.25, 0.3) is 0 Å². The van der Waals surface area contributed by atoms with E-state index in [1.807, 2.05) is 19.1 Å². The Morgan fingerprint density at radius 2 is 1.83 bits per heavy atom. The van der Waals surface area contributed by atoms with Crippen LogP contribution in [0.3, 0.4) is 0 Å². The molecule has 1 saturated carbocycles. The highest BCUT2D eigenvalue weighted by molar-refractivity contribution is 5.84. The monoisotopic (exact) mass is 410 g/mol. The summed E-state index contributed by atoms with van der Waals surface area (Å²) in [6.07, 6.45) is 2.81. The number of nitrogens with zero attached hydrogens (tertiary/aromatic N) is 2. The van der Waals surface area contributed by atoms with Crippen LogP contribution in [0.15, 0.2) is 48.5 Å². The zero-order valence-corrected chi connectivity index (χ0v) is 17.6. The standard InChI is InChI=1S/C24H31FN4O/c1-18(24(30)26-16-19-7-9-21(25)10-8-19)27-22-3-2-4-23(15-22)29-13-11-28(12-14-29)17-20-5-6-20/h2-4,7-10,15,18,20,27H,5-6,11-14,16-17H2,1H3,(H,26,30). The third kappa shape index (κ3) is 5.72. The number of benzene rings is 2. The van der Waals surface area contributed by atoms with Gasteiger partial charge in [-0.2, -0.15) is 0 Å². The molecule has 1 aliphatic carbocycles. The summed E-state index contributed by atoms with van der Waals surface area (Å²) in [6, 6.07) is 14.1. The van der Waals surface area contributed by atoms with E-state index in [0.717, 1.165) is 43.3 Å². The molecule has 2 fully saturated rings. The third-order valence-electron chi connectivity index (χ3n) is 5.95. The molecule has 0 aromatic heterocycles. The fourth-order valence-electron chi connectivity index (χ4n) is 3.91. The maximum Gasteiger partial charge on any atom is 0.242 e. The van der Waals surface area contributed by atoms with E-state index in [4.69, 9.17) is 0 Å². The number of carbonyl (C=O) groups excluding carboxylic acids is 1. The summed E-state index contributed by atoms with van der Waals surface area (Å²) in [5.41, 5.74) is 3.02. The molecular formula is C24H31FN4O. The molecule has 1 atom stereocenters. The number of piperazine rings is 1. The first-order valence-corrected chi connectivity index (χ1v) is 10.9. The van der Waals surface area contributed by atoms with Crippen molar-refractivity contribution in [2.45, 2.75) is 32.4 Å². The maximum atomic E-state index is 13.0. The van der Waals surface area contributed by atoms with E-state index in [9.17, 15) is 9.18 Å². The van der Waals surface area contributed by atoms with Gasteiger partial charge in [0.05, 0.1) is 0 Å². The van der Waals surface area contributed by atoms with Gasteiger partial charge in [0.25, 0.3) is 0 Å². The quantitative estimate of drug-likeness (QED) is 0.700. The van der Waals surface area contributed by atoms with Gasteiger partial charge in [-0.15, -0.1) is 0 Å². The van der Waals surface area contributed by atoms with Gasteiger partial charge in [-0.05, 0) is 61.6 Å². The molecule has 1 aliphatic heterocycles. The number of hydrogen-bond acceptors (Lipinski definition) is 4. The van der Waals surface area contributed by atoms with Crippen molar-refractivity contribution in [2.75, 3.05) is 42.9 Å². The molecule has 2 aromatic rings.